The predicted molar refractivity (Wildman–Crippen MR) is 143 cm³/mol. The molecule has 2 heterocycles. The van der Waals surface area contributed by atoms with Crippen molar-refractivity contribution in [1.82, 2.24) is 15.5 Å². The molecule has 1 aromatic heterocycles. The lowest BCUT2D eigenvalue weighted by Crippen LogP contribution is -2.55. The number of methoxy groups -OCH3 is 1. The van der Waals surface area contributed by atoms with Gasteiger partial charge in [-0.15, -0.1) is 0 Å². The Hall–Kier alpha value is -2.09. The molecule has 3 atom stereocenters. The molecule has 1 aliphatic carbocycles. The number of carbonyl (C=O) groups excluding carboxylic acids is 1. The molecule has 1 saturated heterocycles. The van der Waals surface area contributed by atoms with Crippen LogP contribution in [0, 0.1) is 11.8 Å². The second-order valence-electron chi connectivity index (χ2n) is 10.8. The standard InChI is InChI=1S/C29H45N3O4/c1-30-20-26(22-10-4-3-5-11-22)31-28(33)32-17-9-13-24(21-32)29(34,16-6-7-18-35-2)25-14-8-12-23-15-19-36-27(23)25/h8,12,14-15,19,22,24,26,30,34H,3-7,9-11,13,16-18,20-21H2,1-2H3,(H,31,33)/t24-,26-,29+/m1/s1. The van der Waals surface area contributed by atoms with E-state index in [1.165, 1.54) is 32.1 Å². The maximum atomic E-state index is 13.5. The zero-order valence-electron chi connectivity index (χ0n) is 22.1. The molecular weight excluding hydrogens is 454 g/mol. The quantitative estimate of drug-likeness (QED) is 0.378. The van der Waals surface area contributed by atoms with Crippen LogP contribution in [-0.2, 0) is 10.3 Å². The van der Waals surface area contributed by atoms with E-state index in [0.717, 1.165) is 55.3 Å². The topological polar surface area (TPSA) is 87.0 Å². The van der Waals surface area contributed by atoms with Gasteiger partial charge in [-0.3, -0.25) is 0 Å². The molecule has 1 aliphatic heterocycles. The van der Waals surface area contributed by atoms with Gasteiger partial charge in [0.2, 0.25) is 0 Å². The Morgan fingerprint density at radius 3 is 2.81 bits per heavy atom. The summed E-state index contributed by atoms with van der Waals surface area (Å²) in [7, 11) is 3.67. The molecule has 2 fully saturated rings. The summed E-state index contributed by atoms with van der Waals surface area (Å²) in [5, 5.41) is 20.0. The van der Waals surface area contributed by atoms with E-state index in [4.69, 9.17) is 9.15 Å². The number of furan rings is 1. The van der Waals surface area contributed by atoms with Crippen LogP contribution in [0.25, 0.3) is 11.0 Å². The highest BCUT2D eigenvalue weighted by Gasteiger charge is 2.43. The van der Waals surface area contributed by atoms with Gasteiger partial charge in [0.1, 0.15) is 5.58 Å². The Balaban J connectivity index is 1.51. The smallest absolute Gasteiger partial charge is 0.317 e. The Bertz CT molecular complexity index is 957. The van der Waals surface area contributed by atoms with Crippen LogP contribution in [0.5, 0.6) is 0 Å². The molecule has 0 bridgehead atoms. The summed E-state index contributed by atoms with van der Waals surface area (Å²) >= 11 is 0. The Labute approximate surface area is 215 Å². The molecule has 4 rings (SSSR count). The number of unbranched alkanes of at least 4 members (excludes halogenated alkanes) is 1. The van der Waals surface area contributed by atoms with E-state index >= 15 is 0 Å². The van der Waals surface area contributed by atoms with Crippen molar-refractivity contribution in [2.24, 2.45) is 11.8 Å². The van der Waals surface area contributed by atoms with Gasteiger partial charge in [0, 0.05) is 56.3 Å². The van der Waals surface area contributed by atoms with E-state index in [1.807, 2.05) is 36.2 Å². The molecular formula is C29H45N3O4. The van der Waals surface area contributed by atoms with Crippen LogP contribution in [0.15, 0.2) is 34.9 Å². The number of likely N-dealkylation sites (tertiary alicyclic amines) is 1. The molecule has 3 N–H and O–H groups in total. The van der Waals surface area contributed by atoms with Crippen LogP contribution in [-0.4, -0.2) is 62.5 Å². The third-order valence-electron chi connectivity index (χ3n) is 8.44. The summed E-state index contributed by atoms with van der Waals surface area (Å²) in [6.07, 6.45) is 12.0. The highest BCUT2D eigenvalue weighted by molar-refractivity contribution is 5.81. The predicted octanol–water partition coefficient (Wildman–Crippen LogP) is 5.03. The number of piperidine rings is 1. The van der Waals surface area contributed by atoms with Crippen molar-refractivity contribution in [3.63, 3.8) is 0 Å². The van der Waals surface area contributed by atoms with E-state index in [9.17, 15) is 9.90 Å². The first-order valence-corrected chi connectivity index (χ1v) is 13.9. The molecule has 2 amide bonds. The summed E-state index contributed by atoms with van der Waals surface area (Å²) in [6, 6.07) is 8.09. The molecule has 200 valence electrons. The van der Waals surface area contributed by atoms with E-state index < -0.39 is 5.60 Å². The lowest BCUT2D eigenvalue weighted by molar-refractivity contribution is -0.0558. The number of ether oxygens (including phenoxy) is 1. The summed E-state index contributed by atoms with van der Waals surface area (Å²) in [5.74, 6) is 0.470. The molecule has 7 heteroatoms. The van der Waals surface area contributed by atoms with E-state index in [0.29, 0.717) is 25.5 Å². The number of hydrogen-bond donors (Lipinski definition) is 3. The van der Waals surface area contributed by atoms with E-state index in [-0.39, 0.29) is 18.0 Å². The van der Waals surface area contributed by atoms with Crippen molar-refractivity contribution in [3.8, 4) is 0 Å². The molecule has 1 aromatic carbocycles. The molecule has 2 aliphatic rings. The highest BCUT2D eigenvalue weighted by atomic mass is 16.5. The number of likely N-dealkylation sites (N-methyl/N-ethyl adjacent to an activating group) is 1. The van der Waals surface area contributed by atoms with Crippen molar-refractivity contribution in [2.75, 3.05) is 40.4 Å². The number of rotatable bonds is 11. The van der Waals surface area contributed by atoms with Crippen LogP contribution < -0.4 is 10.6 Å². The fourth-order valence-corrected chi connectivity index (χ4v) is 6.43. The molecule has 36 heavy (non-hydrogen) atoms. The van der Waals surface area contributed by atoms with Gasteiger partial charge in [0.05, 0.1) is 11.9 Å². The Morgan fingerprint density at radius 1 is 1.19 bits per heavy atom. The van der Waals surface area contributed by atoms with Gasteiger partial charge in [-0.05, 0) is 64.0 Å². The summed E-state index contributed by atoms with van der Waals surface area (Å²) in [5.41, 5.74) is 0.516. The number of nitrogens with zero attached hydrogens (tertiary/aromatic N) is 1. The second-order valence-corrected chi connectivity index (χ2v) is 10.8. The van der Waals surface area contributed by atoms with Crippen molar-refractivity contribution in [3.05, 3.63) is 36.1 Å². The average molecular weight is 500 g/mol. The SMILES string of the molecule is CNC[C@@H](NC(=O)N1CCC[C@@H]([C@@](O)(CCCCOC)c2cccc3ccoc23)C1)C1CCCCC1. The minimum Gasteiger partial charge on any atom is -0.464 e. The summed E-state index contributed by atoms with van der Waals surface area (Å²) in [4.78, 5) is 15.4. The fraction of sp³-hybridized carbons (Fsp3) is 0.690. The summed E-state index contributed by atoms with van der Waals surface area (Å²) in [6.45, 7) is 2.73. The van der Waals surface area contributed by atoms with Crippen LogP contribution in [0.2, 0.25) is 0 Å². The lowest BCUT2D eigenvalue weighted by atomic mass is 9.73. The normalized spacial score (nSPS) is 21.9. The minimum absolute atomic E-state index is 0.00321. The Morgan fingerprint density at radius 2 is 2.03 bits per heavy atom. The number of para-hydroxylation sites is 1. The molecule has 1 saturated carbocycles. The first-order chi connectivity index (χ1) is 17.6. The number of benzene rings is 1. The van der Waals surface area contributed by atoms with Crippen molar-refractivity contribution in [2.45, 2.75) is 75.9 Å². The van der Waals surface area contributed by atoms with Crippen molar-refractivity contribution in [1.29, 1.82) is 0 Å². The second kappa shape index (κ2) is 12.9. The van der Waals surface area contributed by atoms with E-state index in [1.54, 1.807) is 13.4 Å². The maximum Gasteiger partial charge on any atom is 0.317 e. The van der Waals surface area contributed by atoms with Crippen LogP contribution >= 0.6 is 0 Å². The van der Waals surface area contributed by atoms with Gasteiger partial charge in [-0.25, -0.2) is 4.79 Å². The number of fused-ring (bicyclic) bond motifs is 1. The average Bonchev–Trinajstić information content (AvgIpc) is 3.40. The van der Waals surface area contributed by atoms with Gasteiger partial charge in [-0.1, -0.05) is 37.5 Å². The van der Waals surface area contributed by atoms with Gasteiger partial charge >= 0.3 is 6.03 Å². The maximum absolute atomic E-state index is 13.5. The van der Waals surface area contributed by atoms with Gasteiger partial charge < -0.3 is 29.8 Å². The fourth-order valence-electron chi connectivity index (χ4n) is 6.43. The zero-order chi connectivity index (χ0) is 25.4. The lowest BCUT2D eigenvalue weighted by Gasteiger charge is -2.43. The van der Waals surface area contributed by atoms with Crippen LogP contribution in [0.4, 0.5) is 4.79 Å². The minimum atomic E-state index is -1.07. The molecule has 0 radical (unpaired) electrons. The van der Waals surface area contributed by atoms with Crippen LogP contribution in [0.1, 0.15) is 69.8 Å². The molecule has 7 nitrogen and oxygen atoms in total. The number of aliphatic hydroxyl groups is 1. The highest BCUT2D eigenvalue weighted by Crippen LogP contribution is 2.42. The number of amides is 2. The first kappa shape index (κ1) is 27.0. The van der Waals surface area contributed by atoms with Crippen molar-refractivity contribution >= 4 is 17.0 Å². The number of nitrogens with one attached hydrogen (secondary N) is 2. The third-order valence-corrected chi connectivity index (χ3v) is 8.44. The van der Waals surface area contributed by atoms with E-state index in [2.05, 4.69) is 10.6 Å². The number of carbonyl (C=O) groups is 1. The third kappa shape index (κ3) is 6.24. The molecule has 0 spiro atoms. The van der Waals surface area contributed by atoms with Gasteiger partial charge in [0.15, 0.2) is 0 Å². The molecule has 0 unspecified atom stereocenters. The Kier molecular flexibility index (Phi) is 9.68. The molecule has 2 aromatic rings. The zero-order valence-corrected chi connectivity index (χ0v) is 22.1. The van der Waals surface area contributed by atoms with Gasteiger partial charge in [-0.2, -0.15) is 0 Å². The largest absolute Gasteiger partial charge is 0.464 e. The monoisotopic (exact) mass is 499 g/mol. The summed E-state index contributed by atoms with van der Waals surface area (Å²) < 4.78 is 11.1. The number of urea groups is 1. The first-order valence-electron chi connectivity index (χ1n) is 13.9. The van der Waals surface area contributed by atoms with Crippen LogP contribution in [0.3, 0.4) is 0 Å². The van der Waals surface area contributed by atoms with Crippen molar-refractivity contribution < 1.29 is 19.1 Å². The van der Waals surface area contributed by atoms with Gasteiger partial charge in [0.25, 0.3) is 0 Å². The number of hydrogen-bond acceptors (Lipinski definition) is 5.